The number of nitrogens with zero attached hydrogens (tertiary/aromatic N) is 1. The first-order valence-corrected chi connectivity index (χ1v) is 11.6. The van der Waals surface area contributed by atoms with Gasteiger partial charge in [-0.1, -0.05) is 54.6 Å². The molecule has 6 heteroatoms. The number of hydrogen-bond donors (Lipinski definition) is 1. The van der Waals surface area contributed by atoms with Crippen LogP contribution in [0.1, 0.15) is 29.2 Å². The van der Waals surface area contributed by atoms with Crippen molar-refractivity contribution in [3.63, 3.8) is 0 Å². The van der Waals surface area contributed by atoms with Gasteiger partial charge < -0.3 is 5.32 Å². The highest BCUT2D eigenvalue weighted by atomic mass is 32.2. The van der Waals surface area contributed by atoms with E-state index in [0.29, 0.717) is 33.2 Å². The lowest BCUT2D eigenvalue weighted by Crippen LogP contribution is -2.32. The average Bonchev–Trinajstić information content (AvgIpc) is 3.04. The van der Waals surface area contributed by atoms with Crippen LogP contribution in [-0.2, 0) is 20.1 Å². The van der Waals surface area contributed by atoms with Crippen LogP contribution < -0.4 is 10.2 Å². The van der Waals surface area contributed by atoms with Crippen LogP contribution in [0.2, 0.25) is 0 Å². The number of aryl methyl sites for hydroxylation is 2. The van der Waals surface area contributed by atoms with Crippen LogP contribution in [0.25, 0.3) is 5.57 Å². The summed E-state index contributed by atoms with van der Waals surface area (Å²) >= 11 is 1.37. The van der Waals surface area contributed by atoms with E-state index in [1.165, 1.54) is 23.6 Å². The van der Waals surface area contributed by atoms with Gasteiger partial charge in [0.15, 0.2) is 0 Å². The lowest BCUT2D eigenvalue weighted by molar-refractivity contribution is -0.120. The number of hydrogen-bond acceptors (Lipinski definition) is 4. The minimum absolute atomic E-state index is 0.172. The number of amides is 3. The van der Waals surface area contributed by atoms with E-state index in [2.05, 4.69) is 5.32 Å². The number of carbonyl (C=O) groups excluding carboxylic acids is 3. The normalized spacial score (nSPS) is 13.6. The van der Waals surface area contributed by atoms with Crippen molar-refractivity contribution in [1.29, 1.82) is 0 Å². The molecule has 0 aromatic heterocycles. The molecule has 3 amide bonds. The zero-order valence-electron chi connectivity index (χ0n) is 18.7. The molecular weight excluding hydrogens is 432 g/mol. The van der Waals surface area contributed by atoms with Crippen LogP contribution in [0, 0.1) is 13.8 Å². The largest absolute Gasteiger partial charge is 0.326 e. The Morgan fingerprint density at radius 1 is 0.909 bits per heavy atom. The van der Waals surface area contributed by atoms with E-state index < -0.39 is 0 Å². The second kappa shape index (κ2) is 9.46. The predicted octanol–water partition coefficient (Wildman–Crippen LogP) is 5.48. The second-order valence-corrected chi connectivity index (χ2v) is 8.96. The van der Waals surface area contributed by atoms with E-state index in [1.54, 1.807) is 24.3 Å². The maximum Gasteiger partial charge on any atom is 0.272 e. The van der Waals surface area contributed by atoms with Gasteiger partial charge in [-0.3, -0.25) is 14.4 Å². The lowest BCUT2D eigenvalue weighted by Gasteiger charge is -2.18. The van der Waals surface area contributed by atoms with E-state index in [0.717, 1.165) is 16.7 Å². The Labute approximate surface area is 197 Å². The molecule has 1 aliphatic rings. The first-order valence-electron chi connectivity index (χ1n) is 10.6. The van der Waals surface area contributed by atoms with Gasteiger partial charge in [-0.2, -0.15) is 0 Å². The number of thioether (sulfide) groups is 1. The summed E-state index contributed by atoms with van der Waals surface area (Å²) in [5.74, 6) is -0.245. The summed E-state index contributed by atoms with van der Waals surface area (Å²) in [5.41, 5.74) is 5.17. The van der Waals surface area contributed by atoms with Gasteiger partial charge in [0.2, 0.25) is 5.91 Å². The Hall–Kier alpha value is -3.64. The van der Waals surface area contributed by atoms with Crippen molar-refractivity contribution >= 4 is 46.4 Å². The molecule has 0 unspecified atom stereocenters. The molecule has 1 N–H and O–H groups in total. The molecule has 3 aromatic carbocycles. The summed E-state index contributed by atoms with van der Waals surface area (Å²) in [7, 11) is 0. The standard InChI is InChI=1S/C27H24N2O3S/c1-17-9-10-18(2)23(15-17)29-26(31)24(21-11-13-22(14-12-21)28-19(3)30)25(27(29)32)33-16-20-7-5-4-6-8-20/h4-15H,16H2,1-3H3,(H,28,30). The molecule has 0 saturated heterocycles. The quantitative estimate of drug-likeness (QED) is 0.499. The van der Waals surface area contributed by atoms with Crippen LogP contribution in [-0.4, -0.2) is 17.7 Å². The molecule has 5 nitrogen and oxygen atoms in total. The number of benzene rings is 3. The molecule has 0 saturated carbocycles. The van der Waals surface area contributed by atoms with Crippen molar-refractivity contribution in [2.75, 3.05) is 10.2 Å². The monoisotopic (exact) mass is 456 g/mol. The molecule has 0 radical (unpaired) electrons. The van der Waals surface area contributed by atoms with Crippen molar-refractivity contribution in [2.45, 2.75) is 26.5 Å². The van der Waals surface area contributed by atoms with Gasteiger partial charge in [-0.05, 0) is 54.3 Å². The summed E-state index contributed by atoms with van der Waals surface area (Å²) in [6.45, 7) is 5.27. The molecule has 0 fully saturated rings. The minimum Gasteiger partial charge on any atom is -0.326 e. The number of imide groups is 1. The van der Waals surface area contributed by atoms with E-state index in [-0.39, 0.29) is 17.7 Å². The topological polar surface area (TPSA) is 66.5 Å². The Morgan fingerprint density at radius 3 is 2.27 bits per heavy atom. The van der Waals surface area contributed by atoms with E-state index in [9.17, 15) is 14.4 Å². The van der Waals surface area contributed by atoms with Crippen molar-refractivity contribution in [1.82, 2.24) is 0 Å². The third-order valence-electron chi connectivity index (χ3n) is 5.37. The zero-order chi connectivity index (χ0) is 23.5. The Balaban J connectivity index is 1.75. The Kier molecular flexibility index (Phi) is 6.47. The molecule has 4 rings (SSSR count). The highest BCUT2D eigenvalue weighted by Crippen LogP contribution is 2.40. The molecule has 166 valence electrons. The van der Waals surface area contributed by atoms with Gasteiger partial charge in [0.25, 0.3) is 11.8 Å². The highest BCUT2D eigenvalue weighted by Gasteiger charge is 2.40. The van der Waals surface area contributed by atoms with Crippen LogP contribution >= 0.6 is 11.8 Å². The van der Waals surface area contributed by atoms with Gasteiger partial charge in [-0.25, -0.2) is 4.90 Å². The van der Waals surface area contributed by atoms with Gasteiger partial charge in [0.05, 0.1) is 16.2 Å². The van der Waals surface area contributed by atoms with Gasteiger partial charge in [0, 0.05) is 18.4 Å². The second-order valence-electron chi connectivity index (χ2n) is 7.97. The van der Waals surface area contributed by atoms with Crippen LogP contribution in [0.15, 0.2) is 77.7 Å². The fourth-order valence-electron chi connectivity index (χ4n) is 3.73. The highest BCUT2D eigenvalue weighted by molar-refractivity contribution is 8.03. The van der Waals surface area contributed by atoms with Crippen LogP contribution in [0.4, 0.5) is 11.4 Å². The summed E-state index contributed by atoms with van der Waals surface area (Å²) in [6, 6.07) is 22.6. The van der Waals surface area contributed by atoms with Crippen LogP contribution in [0.3, 0.4) is 0 Å². The SMILES string of the molecule is CC(=O)Nc1ccc(C2=C(SCc3ccccc3)C(=O)N(c3cc(C)ccc3C)C2=O)cc1. The molecule has 33 heavy (non-hydrogen) atoms. The number of nitrogens with one attached hydrogen (secondary N) is 1. The predicted molar refractivity (Wildman–Crippen MR) is 134 cm³/mol. The number of anilines is 2. The first kappa shape index (κ1) is 22.6. The third kappa shape index (κ3) is 4.76. The van der Waals surface area contributed by atoms with Crippen molar-refractivity contribution in [3.8, 4) is 0 Å². The smallest absolute Gasteiger partial charge is 0.272 e. The summed E-state index contributed by atoms with van der Waals surface area (Å²) < 4.78 is 0. The molecule has 0 aliphatic carbocycles. The van der Waals surface area contributed by atoms with E-state index in [4.69, 9.17) is 0 Å². The average molecular weight is 457 g/mol. The summed E-state index contributed by atoms with van der Waals surface area (Å²) in [6.07, 6.45) is 0. The van der Waals surface area contributed by atoms with Gasteiger partial charge in [-0.15, -0.1) is 11.8 Å². The molecule has 0 spiro atoms. The Morgan fingerprint density at radius 2 is 1.61 bits per heavy atom. The van der Waals surface area contributed by atoms with Crippen molar-refractivity contribution < 1.29 is 14.4 Å². The maximum absolute atomic E-state index is 13.6. The fraction of sp³-hybridized carbons (Fsp3) is 0.148. The van der Waals surface area contributed by atoms with Crippen molar-refractivity contribution in [2.24, 2.45) is 0 Å². The van der Waals surface area contributed by atoms with Crippen molar-refractivity contribution in [3.05, 3.63) is 100.0 Å². The minimum atomic E-state index is -0.337. The first-order chi connectivity index (χ1) is 15.8. The van der Waals surface area contributed by atoms with Gasteiger partial charge >= 0.3 is 0 Å². The zero-order valence-corrected chi connectivity index (χ0v) is 19.5. The molecule has 0 bridgehead atoms. The van der Waals surface area contributed by atoms with E-state index >= 15 is 0 Å². The van der Waals surface area contributed by atoms with Crippen LogP contribution in [0.5, 0.6) is 0 Å². The molecular formula is C27H24N2O3S. The number of carbonyl (C=O) groups is 3. The number of rotatable bonds is 6. The maximum atomic E-state index is 13.6. The molecule has 1 heterocycles. The summed E-state index contributed by atoms with van der Waals surface area (Å²) in [5, 5.41) is 2.73. The Bertz CT molecular complexity index is 1260. The third-order valence-corrected chi connectivity index (χ3v) is 6.51. The molecule has 3 aromatic rings. The molecule has 1 aliphatic heterocycles. The van der Waals surface area contributed by atoms with E-state index in [1.807, 2.05) is 62.4 Å². The van der Waals surface area contributed by atoms with Gasteiger partial charge in [0.1, 0.15) is 0 Å². The summed E-state index contributed by atoms with van der Waals surface area (Å²) in [4.78, 5) is 40.3. The lowest BCUT2D eigenvalue weighted by atomic mass is 10.1. The molecule has 0 atom stereocenters. The fourth-order valence-corrected chi connectivity index (χ4v) is 4.80.